The minimum atomic E-state index is -4.46. The number of carbonyl (C=O) groups is 2. The number of ether oxygens (including phenoxy) is 1. The molecule has 12 heteroatoms. The number of carboxylic acids is 1. The second-order valence-electron chi connectivity index (χ2n) is 10.5. The predicted octanol–water partition coefficient (Wildman–Crippen LogP) is 6.94. The van der Waals surface area contributed by atoms with Gasteiger partial charge in [-0.15, -0.1) is 0 Å². The van der Waals surface area contributed by atoms with E-state index in [0.717, 1.165) is 43.5 Å². The zero-order valence-electron chi connectivity index (χ0n) is 23.8. The number of nitrogens with zero attached hydrogens (tertiary/aromatic N) is 4. The molecule has 1 saturated carbocycles. The van der Waals surface area contributed by atoms with Crippen LogP contribution in [0.3, 0.4) is 0 Å². The van der Waals surface area contributed by atoms with Crippen LogP contribution in [-0.4, -0.2) is 42.8 Å². The van der Waals surface area contributed by atoms with Crippen molar-refractivity contribution in [1.82, 2.24) is 25.1 Å². The number of hydrogen-bond donors (Lipinski definition) is 2. The van der Waals surface area contributed by atoms with Crippen LogP contribution in [0.5, 0.6) is 11.6 Å². The maximum absolute atomic E-state index is 12.9. The Balaban J connectivity index is 1.13. The number of halogens is 3. The summed E-state index contributed by atoms with van der Waals surface area (Å²) in [6.45, 7) is 1.78. The van der Waals surface area contributed by atoms with E-state index in [0.29, 0.717) is 29.1 Å². The number of hydrogen-bond acceptors (Lipinski definition) is 6. The highest BCUT2D eigenvalue weighted by Gasteiger charge is 2.30. The van der Waals surface area contributed by atoms with Crippen molar-refractivity contribution in [2.45, 2.75) is 57.3 Å². The Hall–Kier alpha value is -5.00. The first kappa shape index (κ1) is 30.5. The maximum atomic E-state index is 12.9. The number of aromatic nitrogens is 4. The Morgan fingerprint density at radius 1 is 1.07 bits per heavy atom. The van der Waals surface area contributed by atoms with E-state index in [1.807, 2.05) is 6.07 Å². The fraction of sp³-hybridized carbons (Fsp3) is 0.281. The lowest BCUT2D eigenvalue weighted by molar-refractivity contribution is -0.141. The van der Waals surface area contributed by atoms with E-state index in [9.17, 15) is 27.9 Å². The SMILES string of the molecule is CCC(C(=O)O)n1ccc(-c2ccc(C(=O)NC3CCC(=Cc4cccc(Oc5ccc(C(F)(F)F)cn5)c4)CC3)cn2)n1. The molecule has 1 aliphatic rings. The molecule has 3 heterocycles. The number of rotatable bonds is 9. The standard InChI is InChI=1S/C32H30F3N5O4/c1-2-28(31(42)43)40-15-14-27(39-40)26-12-8-22(18-36-26)30(41)38-24-10-6-20(7-11-24)16-21-4-3-5-25(17-21)44-29-13-9-23(19-37-29)32(33,34)35/h3-5,8-9,12-19,24,28H,2,6-7,10-11H2,1H3,(H,38,41)(H,42,43). The number of carbonyl (C=O) groups excluding carboxylic acids is 1. The second kappa shape index (κ2) is 13.1. The molecule has 0 aliphatic heterocycles. The molecular formula is C32H30F3N5O4. The summed E-state index contributed by atoms with van der Waals surface area (Å²) in [5, 5.41) is 16.8. The normalized spacial score (nSPS) is 15.8. The van der Waals surface area contributed by atoms with Crippen molar-refractivity contribution < 1.29 is 32.6 Å². The Kier molecular flexibility index (Phi) is 9.07. The summed E-state index contributed by atoms with van der Waals surface area (Å²) in [6.07, 6.45) is 4.98. The first-order valence-electron chi connectivity index (χ1n) is 14.1. The summed E-state index contributed by atoms with van der Waals surface area (Å²) in [6, 6.07) is 13.7. The third-order valence-corrected chi connectivity index (χ3v) is 7.37. The molecule has 0 radical (unpaired) electrons. The highest BCUT2D eigenvalue weighted by Crippen LogP contribution is 2.31. The van der Waals surface area contributed by atoms with Crippen molar-refractivity contribution in [2.75, 3.05) is 0 Å². The molecule has 1 aliphatic carbocycles. The van der Waals surface area contributed by atoms with E-state index >= 15 is 0 Å². The van der Waals surface area contributed by atoms with E-state index in [1.54, 1.807) is 49.5 Å². The quantitative estimate of drug-likeness (QED) is 0.212. The van der Waals surface area contributed by atoms with Gasteiger partial charge in [0.05, 0.1) is 16.8 Å². The second-order valence-corrected chi connectivity index (χ2v) is 10.5. The molecule has 0 spiro atoms. The van der Waals surface area contributed by atoms with Crippen LogP contribution in [-0.2, 0) is 11.0 Å². The minimum absolute atomic E-state index is 0.0115. The van der Waals surface area contributed by atoms with Gasteiger partial charge >= 0.3 is 12.1 Å². The van der Waals surface area contributed by atoms with Crippen LogP contribution in [0.25, 0.3) is 17.5 Å². The van der Waals surface area contributed by atoms with Gasteiger partial charge in [0.1, 0.15) is 17.5 Å². The minimum Gasteiger partial charge on any atom is -0.480 e. The number of pyridine rings is 2. The Morgan fingerprint density at radius 3 is 2.50 bits per heavy atom. The summed E-state index contributed by atoms with van der Waals surface area (Å²) in [5.41, 5.74) is 2.77. The highest BCUT2D eigenvalue weighted by atomic mass is 19.4. The number of alkyl halides is 3. The van der Waals surface area contributed by atoms with Crippen LogP contribution in [0.15, 0.2) is 78.8 Å². The van der Waals surface area contributed by atoms with E-state index in [1.165, 1.54) is 22.5 Å². The zero-order valence-corrected chi connectivity index (χ0v) is 23.8. The van der Waals surface area contributed by atoms with Gasteiger partial charge < -0.3 is 15.2 Å². The number of benzene rings is 1. The van der Waals surface area contributed by atoms with Gasteiger partial charge in [-0.3, -0.25) is 14.5 Å². The molecule has 44 heavy (non-hydrogen) atoms. The van der Waals surface area contributed by atoms with Gasteiger partial charge in [0.25, 0.3) is 5.91 Å². The first-order chi connectivity index (χ1) is 21.1. The van der Waals surface area contributed by atoms with Crippen LogP contribution in [0.2, 0.25) is 0 Å². The monoisotopic (exact) mass is 605 g/mol. The highest BCUT2D eigenvalue weighted by molar-refractivity contribution is 5.94. The molecule has 4 aromatic rings. The van der Waals surface area contributed by atoms with Crippen molar-refractivity contribution in [3.63, 3.8) is 0 Å². The number of amides is 1. The molecule has 1 aromatic carbocycles. The van der Waals surface area contributed by atoms with Gasteiger partial charge in [0.2, 0.25) is 5.88 Å². The van der Waals surface area contributed by atoms with Gasteiger partial charge in [-0.2, -0.15) is 18.3 Å². The summed E-state index contributed by atoms with van der Waals surface area (Å²) < 4.78 is 45.4. The maximum Gasteiger partial charge on any atom is 0.417 e. The Labute approximate surface area is 251 Å². The number of carboxylic acid groups (broad SMARTS) is 1. The van der Waals surface area contributed by atoms with Crippen LogP contribution < -0.4 is 10.1 Å². The molecule has 0 saturated heterocycles. The third kappa shape index (κ3) is 7.49. The number of aliphatic carboxylic acids is 1. The molecule has 3 aromatic heterocycles. The molecule has 1 fully saturated rings. The molecule has 1 amide bonds. The van der Waals surface area contributed by atoms with Crippen LogP contribution >= 0.6 is 0 Å². The fourth-order valence-electron chi connectivity index (χ4n) is 4.98. The number of allylic oxidation sites excluding steroid dienone is 1. The summed E-state index contributed by atoms with van der Waals surface area (Å²) in [4.78, 5) is 32.4. The lowest BCUT2D eigenvalue weighted by Crippen LogP contribution is -2.36. The predicted molar refractivity (Wildman–Crippen MR) is 156 cm³/mol. The Bertz CT molecular complexity index is 1640. The van der Waals surface area contributed by atoms with E-state index in [2.05, 4.69) is 26.5 Å². The molecule has 1 unspecified atom stereocenters. The Morgan fingerprint density at radius 2 is 1.86 bits per heavy atom. The summed E-state index contributed by atoms with van der Waals surface area (Å²) in [7, 11) is 0. The topological polar surface area (TPSA) is 119 Å². The van der Waals surface area contributed by atoms with Crippen molar-refractivity contribution in [2.24, 2.45) is 0 Å². The van der Waals surface area contributed by atoms with Gasteiger partial charge in [0, 0.05) is 30.7 Å². The largest absolute Gasteiger partial charge is 0.480 e. The van der Waals surface area contributed by atoms with Crippen molar-refractivity contribution in [3.05, 3.63) is 95.5 Å². The molecule has 228 valence electrons. The lowest BCUT2D eigenvalue weighted by Gasteiger charge is -2.25. The van der Waals surface area contributed by atoms with Gasteiger partial charge in [-0.05, 0) is 74.1 Å². The molecule has 5 rings (SSSR count). The molecule has 0 bridgehead atoms. The van der Waals surface area contributed by atoms with E-state index in [-0.39, 0.29) is 17.8 Å². The molecule has 9 nitrogen and oxygen atoms in total. The summed E-state index contributed by atoms with van der Waals surface area (Å²) >= 11 is 0. The first-order valence-corrected chi connectivity index (χ1v) is 14.1. The smallest absolute Gasteiger partial charge is 0.417 e. The number of nitrogens with one attached hydrogen (secondary N) is 1. The van der Waals surface area contributed by atoms with Gasteiger partial charge in [-0.1, -0.05) is 30.7 Å². The molecule has 2 N–H and O–H groups in total. The van der Waals surface area contributed by atoms with Crippen molar-refractivity contribution in [3.8, 4) is 23.0 Å². The average molecular weight is 606 g/mol. The van der Waals surface area contributed by atoms with Crippen molar-refractivity contribution in [1.29, 1.82) is 0 Å². The summed E-state index contributed by atoms with van der Waals surface area (Å²) in [5.74, 6) is -0.638. The van der Waals surface area contributed by atoms with Gasteiger partial charge in [0.15, 0.2) is 0 Å². The third-order valence-electron chi connectivity index (χ3n) is 7.37. The molecular weight excluding hydrogens is 575 g/mol. The van der Waals surface area contributed by atoms with E-state index < -0.39 is 23.8 Å². The average Bonchev–Trinajstić information content (AvgIpc) is 3.48. The van der Waals surface area contributed by atoms with Crippen molar-refractivity contribution >= 4 is 18.0 Å². The van der Waals surface area contributed by atoms with Gasteiger partial charge in [-0.25, -0.2) is 9.78 Å². The van der Waals surface area contributed by atoms with Crippen LogP contribution in [0.4, 0.5) is 13.2 Å². The van der Waals surface area contributed by atoms with E-state index in [4.69, 9.17) is 4.74 Å². The van der Waals surface area contributed by atoms with Crippen LogP contribution in [0, 0.1) is 0 Å². The zero-order chi connectivity index (χ0) is 31.3. The lowest BCUT2D eigenvalue weighted by atomic mass is 9.89. The molecule has 1 atom stereocenters. The van der Waals surface area contributed by atoms with Crippen LogP contribution in [0.1, 0.15) is 66.6 Å². The fourth-order valence-corrected chi connectivity index (χ4v) is 4.98.